The van der Waals surface area contributed by atoms with Crippen molar-refractivity contribution in [3.63, 3.8) is 0 Å². The number of nitrogens with one attached hydrogen (secondary N) is 2. The topological polar surface area (TPSA) is 95.5 Å². The lowest BCUT2D eigenvalue weighted by molar-refractivity contribution is -0.139. The summed E-state index contributed by atoms with van der Waals surface area (Å²) >= 11 is 0. The predicted molar refractivity (Wildman–Crippen MR) is 59.2 cm³/mol. The Balaban J connectivity index is 2.48. The minimum atomic E-state index is -3.67. The molecule has 1 fully saturated rings. The van der Waals surface area contributed by atoms with Gasteiger partial charge < -0.3 is 5.11 Å². The minimum Gasteiger partial charge on any atom is -0.480 e. The predicted octanol–water partition coefficient (Wildman–Crippen LogP) is 0.216. The Morgan fingerprint density at radius 2 is 2.12 bits per heavy atom. The summed E-state index contributed by atoms with van der Waals surface area (Å²) < 4.78 is 27.5. The largest absolute Gasteiger partial charge is 0.480 e. The highest BCUT2D eigenvalue weighted by Gasteiger charge is 2.30. The normalized spacial score (nSPS) is 18.3. The standard InChI is InChI=1S/C9H18N2O4S/c1-2-3-4-8(9(12)13)11-16(14,15)10-7-5-6-7/h7-8,10-11H,2-6H2,1H3,(H,12,13)/t8-/m0/s1. The monoisotopic (exact) mass is 250 g/mol. The lowest BCUT2D eigenvalue weighted by atomic mass is 10.1. The van der Waals surface area contributed by atoms with E-state index in [1.54, 1.807) is 0 Å². The average Bonchev–Trinajstić information content (AvgIpc) is 2.94. The van der Waals surface area contributed by atoms with Gasteiger partial charge in [-0.1, -0.05) is 19.8 Å². The highest BCUT2D eigenvalue weighted by molar-refractivity contribution is 7.87. The van der Waals surface area contributed by atoms with Gasteiger partial charge in [-0.25, -0.2) is 0 Å². The van der Waals surface area contributed by atoms with Crippen LogP contribution in [0.5, 0.6) is 0 Å². The fourth-order valence-corrected chi connectivity index (χ4v) is 2.62. The van der Waals surface area contributed by atoms with Crippen LogP contribution in [0.15, 0.2) is 0 Å². The first-order chi connectivity index (χ1) is 7.44. The third-order valence-corrected chi connectivity index (χ3v) is 3.58. The Morgan fingerprint density at radius 1 is 1.50 bits per heavy atom. The van der Waals surface area contributed by atoms with E-state index in [2.05, 4.69) is 9.44 Å². The lowest BCUT2D eigenvalue weighted by Gasteiger charge is -2.14. The van der Waals surface area contributed by atoms with E-state index >= 15 is 0 Å². The molecule has 16 heavy (non-hydrogen) atoms. The third kappa shape index (κ3) is 4.91. The second-order valence-corrected chi connectivity index (χ2v) is 5.52. The molecule has 0 aromatic rings. The van der Waals surface area contributed by atoms with Crippen molar-refractivity contribution in [2.45, 2.75) is 51.1 Å². The van der Waals surface area contributed by atoms with E-state index in [1.165, 1.54) is 0 Å². The zero-order valence-corrected chi connectivity index (χ0v) is 10.1. The van der Waals surface area contributed by atoms with Crippen LogP contribution >= 0.6 is 0 Å². The van der Waals surface area contributed by atoms with Gasteiger partial charge in [0.1, 0.15) is 6.04 Å². The van der Waals surface area contributed by atoms with Gasteiger partial charge in [-0.15, -0.1) is 0 Å². The molecule has 1 atom stereocenters. The molecule has 1 saturated carbocycles. The van der Waals surface area contributed by atoms with E-state index in [1.807, 2.05) is 6.92 Å². The van der Waals surface area contributed by atoms with Gasteiger partial charge in [0.05, 0.1) is 0 Å². The number of hydrogen-bond acceptors (Lipinski definition) is 3. The van der Waals surface area contributed by atoms with Gasteiger partial charge in [-0.3, -0.25) is 4.79 Å². The van der Waals surface area contributed by atoms with Crippen LogP contribution in [-0.2, 0) is 15.0 Å². The highest BCUT2D eigenvalue weighted by atomic mass is 32.2. The summed E-state index contributed by atoms with van der Waals surface area (Å²) in [4.78, 5) is 10.8. The molecule has 0 saturated heterocycles. The van der Waals surface area contributed by atoms with Crippen molar-refractivity contribution in [2.24, 2.45) is 0 Å². The highest BCUT2D eigenvalue weighted by Crippen LogP contribution is 2.19. The van der Waals surface area contributed by atoms with Crippen molar-refractivity contribution >= 4 is 16.2 Å². The van der Waals surface area contributed by atoms with Crippen molar-refractivity contribution in [3.05, 3.63) is 0 Å². The van der Waals surface area contributed by atoms with Crippen molar-refractivity contribution in [1.29, 1.82) is 0 Å². The molecule has 1 rings (SSSR count). The number of rotatable bonds is 8. The second-order valence-electron chi connectivity index (χ2n) is 4.05. The first-order valence-electron chi connectivity index (χ1n) is 5.47. The van der Waals surface area contributed by atoms with Crippen molar-refractivity contribution in [1.82, 2.24) is 9.44 Å². The Bertz CT molecular complexity index is 337. The smallest absolute Gasteiger partial charge is 0.321 e. The molecule has 6 nitrogen and oxygen atoms in total. The molecule has 0 heterocycles. The molecular weight excluding hydrogens is 232 g/mol. The summed E-state index contributed by atoms with van der Waals surface area (Å²) in [6.45, 7) is 1.93. The quantitative estimate of drug-likeness (QED) is 0.574. The summed E-state index contributed by atoms with van der Waals surface area (Å²) in [5.41, 5.74) is 0. The van der Waals surface area contributed by atoms with Crippen LogP contribution < -0.4 is 9.44 Å². The second kappa shape index (κ2) is 5.60. The number of carbonyl (C=O) groups is 1. The molecule has 1 aliphatic rings. The molecule has 0 aliphatic heterocycles. The van der Waals surface area contributed by atoms with Crippen LogP contribution in [0.4, 0.5) is 0 Å². The maximum absolute atomic E-state index is 11.5. The number of hydrogen-bond donors (Lipinski definition) is 3. The van der Waals surface area contributed by atoms with Gasteiger partial charge in [0.15, 0.2) is 0 Å². The third-order valence-electron chi connectivity index (χ3n) is 2.34. The molecule has 0 bridgehead atoms. The van der Waals surface area contributed by atoms with Crippen LogP contribution in [0.25, 0.3) is 0 Å². The summed E-state index contributed by atoms with van der Waals surface area (Å²) in [5, 5.41) is 8.86. The molecule has 3 N–H and O–H groups in total. The zero-order valence-electron chi connectivity index (χ0n) is 9.27. The van der Waals surface area contributed by atoms with Crippen molar-refractivity contribution in [2.75, 3.05) is 0 Å². The van der Waals surface area contributed by atoms with Crippen LogP contribution in [0.1, 0.15) is 39.0 Å². The molecule has 0 aromatic heterocycles. The Morgan fingerprint density at radius 3 is 2.56 bits per heavy atom. The van der Waals surface area contributed by atoms with Gasteiger partial charge >= 0.3 is 5.97 Å². The lowest BCUT2D eigenvalue weighted by Crippen LogP contribution is -2.47. The summed E-state index contributed by atoms with van der Waals surface area (Å²) in [5.74, 6) is -1.13. The Labute approximate surface area is 95.6 Å². The Hall–Kier alpha value is -0.660. The molecule has 0 unspecified atom stereocenters. The van der Waals surface area contributed by atoms with E-state index in [4.69, 9.17) is 5.11 Å². The molecular formula is C9H18N2O4S. The molecule has 0 aromatic carbocycles. The average molecular weight is 250 g/mol. The van der Waals surface area contributed by atoms with Gasteiger partial charge in [0.25, 0.3) is 10.2 Å². The van der Waals surface area contributed by atoms with Crippen LogP contribution in [0.3, 0.4) is 0 Å². The molecule has 7 heteroatoms. The molecule has 1 aliphatic carbocycles. The van der Waals surface area contributed by atoms with E-state index in [0.717, 1.165) is 19.3 Å². The first-order valence-corrected chi connectivity index (χ1v) is 6.95. The fraction of sp³-hybridized carbons (Fsp3) is 0.889. The van der Waals surface area contributed by atoms with Gasteiger partial charge in [-0.2, -0.15) is 17.9 Å². The van der Waals surface area contributed by atoms with E-state index in [-0.39, 0.29) is 6.04 Å². The van der Waals surface area contributed by atoms with Crippen LogP contribution in [0, 0.1) is 0 Å². The SMILES string of the molecule is CCCC[C@H](NS(=O)(=O)NC1CC1)C(=O)O. The minimum absolute atomic E-state index is 0.0156. The number of carboxylic acids is 1. The molecule has 0 amide bonds. The maximum Gasteiger partial charge on any atom is 0.321 e. The van der Waals surface area contributed by atoms with Crippen LogP contribution in [-0.4, -0.2) is 31.6 Å². The molecule has 0 spiro atoms. The number of unbranched alkanes of at least 4 members (excludes halogenated alkanes) is 1. The zero-order chi connectivity index (χ0) is 12.2. The van der Waals surface area contributed by atoms with Crippen molar-refractivity contribution in [3.8, 4) is 0 Å². The van der Waals surface area contributed by atoms with E-state index < -0.39 is 22.2 Å². The van der Waals surface area contributed by atoms with Crippen molar-refractivity contribution < 1.29 is 18.3 Å². The fourth-order valence-electron chi connectivity index (χ4n) is 1.28. The molecule has 94 valence electrons. The van der Waals surface area contributed by atoms with Gasteiger partial charge in [0, 0.05) is 6.04 Å². The van der Waals surface area contributed by atoms with Gasteiger partial charge in [-0.05, 0) is 19.3 Å². The summed E-state index contributed by atoms with van der Waals surface area (Å²) in [6, 6.07) is -1.05. The van der Waals surface area contributed by atoms with E-state index in [0.29, 0.717) is 12.8 Å². The summed E-state index contributed by atoms with van der Waals surface area (Å²) in [7, 11) is -3.67. The molecule has 0 radical (unpaired) electrons. The maximum atomic E-state index is 11.5. The Kier molecular flexibility index (Phi) is 4.69. The summed E-state index contributed by atoms with van der Waals surface area (Å²) in [6.07, 6.45) is 3.49. The van der Waals surface area contributed by atoms with Crippen LogP contribution in [0.2, 0.25) is 0 Å². The number of carboxylic acid groups (broad SMARTS) is 1. The first kappa shape index (κ1) is 13.4. The van der Waals surface area contributed by atoms with E-state index in [9.17, 15) is 13.2 Å². The van der Waals surface area contributed by atoms with Gasteiger partial charge in [0.2, 0.25) is 0 Å². The number of aliphatic carboxylic acids is 1.